The first-order valence-electron chi connectivity index (χ1n) is 6.67. The Bertz CT molecular complexity index is 532. The van der Waals surface area contributed by atoms with E-state index in [1.165, 1.54) is 0 Å². The minimum Gasteiger partial charge on any atom is -0.491 e. The molecular formula is C14H18N2O5. The number of amides is 2. The van der Waals surface area contributed by atoms with Crippen LogP contribution >= 0.6 is 0 Å². The summed E-state index contributed by atoms with van der Waals surface area (Å²) in [5.74, 6) is -0.359. The molecule has 1 aliphatic heterocycles. The maximum absolute atomic E-state index is 11.7. The first kappa shape index (κ1) is 15.1. The van der Waals surface area contributed by atoms with Crippen LogP contribution in [0.2, 0.25) is 0 Å². The second kappa shape index (κ2) is 6.94. The van der Waals surface area contributed by atoms with Gasteiger partial charge in [-0.25, -0.2) is 4.79 Å². The largest absolute Gasteiger partial charge is 0.491 e. The summed E-state index contributed by atoms with van der Waals surface area (Å²) in [7, 11) is 1.64. The molecule has 2 rings (SSSR count). The number of hydrogen-bond donors (Lipinski definition) is 3. The molecule has 2 amide bonds. The highest BCUT2D eigenvalue weighted by Gasteiger charge is 2.23. The van der Waals surface area contributed by atoms with E-state index in [-0.39, 0.29) is 19.1 Å². The first-order valence-corrected chi connectivity index (χ1v) is 6.67. The third-order valence-corrected chi connectivity index (χ3v) is 3.18. The van der Waals surface area contributed by atoms with Crippen molar-refractivity contribution < 1.29 is 24.2 Å². The lowest BCUT2D eigenvalue weighted by Crippen LogP contribution is -2.31. The van der Waals surface area contributed by atoms with Crippen LogP contribution in [-0.4, -0.2) is 37.4 Å². The first-order chi connectivity index (χ1) is 10.1. The van der Waals surface area contributed by atoms with Crippen molar-refractivity contribution in [1.82, 2.24) is 5.32 Å². The van der Waals surface area contributed by atoms with Gasteiger partial charge < -0.3 is 25.2 Å². The monoisotopic (exact) mass is 294 g/mol. The topological polar surface area (TPSA) is 96.9 Å². The minimum atomic E-state index is -0.960. The highest BCUT2D eigenvalue weighted by atomic mass is 16.5. The average Bonchev–Trinajstić information content (AvgIpc) is 2.46. The number of carbonyl (C=O) groups excluding carboxylic acids is 1. The van der Waals surface area contributed by atoms with Gasteiger partial charge in [0, 0.05) is 25.6 Å². The van der Waals surface area contributed by atoms with Crippen LogP contribution in [0.1, 0.15) is 24.5 Å². The standard InChI is InChI=1S/C14H18N2O5/c1-20-11-6-8-21-13-9(11)3-2-4-10(13)16-14(19)15-7-5-12(17)18/h2-4,11H,5-8H2,1H3,(H,17,18)(H2,15,16,19). The molecule has 0 saturated carbocycles. The van der Waals surface area contributed by atoms with Crippen molar-refractivity contribution in [3.05, 3.63) is 23.8 Å². The SMILES string of the molecule is COC1CCOc2c(NC(=O)NCCC(=O)O)cccc21. The maximum Gasteiger partial charge on any atom is 0.319 e. The molecule has 1 aromatic carbocycles. The Morgan fingerprint density at radius 3 is 3.00 bits per heavy atom. The maximum atomic E-state index is 11.7. The van der Waals surface area contributed by atoms with Crippen molar-refractivity contribution in [3.63, 3.8) is 0 Å². The van der Waals surface area contributed by atoms with Gasteiger partial charge in [0.25, 0.3) is 0 Å². The number of carboxylic acids is 1. The van der Waals surface area contributed by atoms with Gasteiger partial charge in [0.2, 0.25) is 0 Å². The van der Waals surface area contributed by atoms with Gasteiger partial charge in [0.05, 0.1) is 24.8 Å². The van der Waals surface area contributed by atoms with Crippen molar-refractivity contribution in [2.45, 2.75) is 18.9 Å². The van der Waals surface area contributed by atoms with Crippen LogP contribution in [0.4, 0.5) is 10.5 Å². The van der Waals surface area contributed by atoms with Crippen molar-refractivity contribution in [3.8, 4) is 5.75 Å². The zero-order chi connectivity index (χ0) is 15.2. The van der Waals surface area contributed by atoms with Crippen LogP contribution in [0.3, 0.4) is 0 Å². The summed E-state index contributed by atoms with van der Waals surface area (Å²) >= 11 is 0. The van der Waals surface area contributed by atoms with Crippen LogP contribution < -0.4 is 15.4 Å². The summed E-state index contributed by atoms with van der Waals surface area (Å²) in [6.07, 6.45) is 0.589. The minimum absolute atomic E-state index is 0.0504. The molecule has 0 bridgehead atoms. The zero-order valence-corrected chi connectivity index (χ0v) is 11.7. The smallest absolute Gasteiger partial charge is 0.319 e. The van der Waals surface area contributed by atoms with Crippen molar-refractivity contribution in [1.29, 1.82) is 0 Å². The van der Waals surface area contributed by atoms with Gasteiger partial charge in [-0.2, -0.15) is 0 Å². The van der Waals surface area contributed by atoms with Gasteiger partial charge in [-0.3, -0.25) is 4.79 Å². The van der Waals surface area contributed by atoms with Crippen LogP contribution in [0.25, 0.3) is 0 Å². The predicted octanol–water partition coefficient (Wildman–Crippen LogP) is 1.75. The molecule has 7 nitrogen and oxygen atoms in total. The quantitative estimate of drug-likeness (QED) is 0.768. The lowest BCUT2D eigenvalue weighted by Gasteiger charge is -2.26. The normalized spacial score (nSPS) is 16.5. The fraction of sp³-hybridized carbons (Fsp3) is 0.429. The molecule has 0 aromatic heterocycles. The summed E-state index contributed by atoms with van der Waals surface area (Å²) in [5.41, 5.74) is 1.44. The molecule has 1 unspecified atom stereocenters. The van der Waals surface area contributed by atoms with E-state index >= 15 is 0 Å². The Labute approximate surface area is 122 Å². The summed E-state index contributed by atoms with van der Waals surface area (Å²) in [6, 6.07) is 4.98. The number of benzene rings is 1. The second-order valence-electron chi connectivity index (χ2n) is 4.61. The molecule has 0 aliphatic carbocycles. The summed E-state index contributed by atoms with van der Waals surface area (Å²) < 4.78 is 11.0. The zero-order valence-electron chi connectivity index (χ0n) is 11.7. The molecule has 0 fully saturated rings. The number of carbonyl (C=O) groups is 2. The van der Waals surface area contributed by atoms with Crippen LogP contribution in [0.15, 0.2) is 18.2 Å². The van der Waals surface area contributed by atoms with Gasteiger partial charge in [0.15, 0.2) is 0 Å². The Morgan fingerprint density at radius 2 is 2.29 bits per heavy atom. The molecule has 0 radical (unpaired) electrons. The molecule has 3 N–H and O–H groups in total. The van der Waals surface area contributed by atoms with Gasteiger partial charge in [-0.15, -0.1) is 0 Å². The molecule has 0 saturated heterocycles. The third kappa shape index (κ3) is 3.85. The van der Waals surface area contributed by atoms with E-state index < -0.39 is 12.0 Å². The summed E-state index contributed by atoms with van der Waals surface area (Å²) in [4.78, 5) is 22.1. The molecule has 1 atom stereocenters. The van der Waals surface area contributed by atoms with Crippen molar-refractivity contribution >= 4 is 17.7 Å². The average molecular weight is 294 g/mol. The van der Waals surface area contributed by atoms with E-state index in [4.69, 9.17) is 14.6 Å². The van der Waals surface area contributed by atoms with Gasteiger partial charge in [-0.1, -0.05) is 12.1 Å². The fourth-order valence-corrected chi connectivity index (χ4v) is 2.19. The fourth-order valence-electron chi connectivity index (χ4n) is 2.19. The van der Waals surface area contributed by atoms with Crippen molar-refractivity contribution in [2.24, 2.45) is 0 Å². The van der Waals surface area contributed by atoms with E-state index in [9.17, 15) is 9.59 Å². The Balaban J connectivity index is 2.04. The number of carboxylic acid groups (broad SMARTS) is 1. The number of urea groups is 1. The van der Waals surface area contributed by atoms with E-state index in [0.717, 1.165) is 12.0 Å². The van der Waals surface area contributed by atoms with Gasteiger partial charge in [0.1, 0.15) is 5.75 Å². The number of ether oxygens (including phenoxy) is 2. The Kier molecular flexibility index (Phi) is 4.99. The number of aliphatic carboxylic acids is 1. The molecular weight excluding hydrogens is 276 g/mol. The summed E-state index contributed by atoms with van der Waals surface area (Å²) in [5, 5.41) is 13.7. The number of nitrogens with one attached hydrogen (secondary N) is 2. The Hall–Kier alpha value is -2.28. The summed E-state index contributed by atoms with van der Waals surface area (Å²) in [6.45, 7) is 0.586. The lowest BCUT2D eigenvalue weighted by molar-refractivity contribution is -0.136. The van der Waals surface area contributed by atoms with E-state index in [2.05, 4.69) is 10.6 Å². The number of anilines is 1. The van der Waals surface area contributed by atoms with Crippen LogP contribution in [0.5, 0.6) is 5.75 Å². The third-order valence-electron chi connectivity index (χ3n) is 3.18. The van der Waals surface area contributed by atoms with E-state index in [1.54, 1.807) is 13.2 Å². The molecule has 0 spiro atoms. The van der Waals surface area contributed by atoms with Crippen LogP contribution in [-0.2, 0) is 9.53 Å². The molecule has 1 aliphatic rings. The molecule has 21 heavy (non-hydrogen) atoms. The van der Waals surface area contributed by atoms with Gasteiger partial charge in [-0.05, 0) is 6.07 Å². The van der Waals surface area contributed by atoms with Crippen LogP contribution in [0, 0.1) is 0 Å². The number of methoxy groups -OCH3 is 1. The number of fused-ring (bicyclic) bond motifs is 1. The second-order valence-corrected chi connectivity index (χ2v) is 4.61. The molecule has 7 heteroatoms. The predicted molar refractivity (Wildman–Crippen MR) is 75.6 cm³/mol. The number of rotatable bonds is 5. The Morgan fingerprint density at radius 1 is 1.48 bits per heavy atom. The van der Waals surface area contributed by atoms with Crippen molar-refractivity contribution in [2.75, 3.05) is 25.6 Å². The lowest BCUT2D eigenvalue weighted by atomic mass is 10.0. The highest BCUT2D eigenvalue weighted by molar-refractivity contribution is 5.91. The number of hydrogen-bond acceptors (Lipinski definition) is 4. The molecule has 1 aromatic rings. The van der Waals surface area contributed by atoms with E-state index in [1.807, 2.05) is 12.1 Å². The molecule has 114 valence electrons. The molecule has 1 heterocycles. The van der Waals surface area contributed by atoms with E-state index in [0.29, 0.717) is 18.0 Å². The number of para-hydroxylation sites is 1. The van der Waals surface area contributed by atoms with Gasteiger partial charge >= 0.3 is 12.0 Å². The highest BCUT2D eigenvalue weighted by Crippen LogP contribution is 2.39.